The number of methoxy groups -OCH3 is 1. The average molecular weight is 344 g/mol. The number of likely N-dealkylation sites (tertiary alicyclic amines) is 1. The third-order valence-electron chi connectivity index (χ3n) is 3.90. The fourth-order valence-corrected chi connectivity index (χ4v) is 2.48. The van der Waals surface area contributed by atoms with Crippen molar-refractivity contribution in [3.63, 3.8) is 0 Å². The third kappa shape index (κ3) is 9.53. The molecule has 0 saturated carbocycles. The summed E-state index contributed by atoms with van der Waals surface area (Å²) in [5.74, 6) is 0.162. The number of piperidine rings is 1. The normalized spacial score (nSPS) is 18.5. The quantitative estimate of drug-likeness (QED) is 0.676. The number of hydrogen-bond donors (Lipinski definition) is 1. The van der Waals surface area contributed by atoms with Gasteiger partial charge in [0.1, 0.15) is 0 Å². The van der Waals surface area contributed by atoms with Crippen molar-refractivity contribution in [2.24, 2.45) is 0 Å². The summed E-state index contributed by atoms with van der Waals surface area (Å²) in [6.45, 7) is 3.81. The van der Waals surface area contributed by atoms with Crippen LogP contribution in [0.1, 0.15) is 25.7 Å². The van der Waals surface area contributed by atoms with Crippen molar-refractivity contribution < 1.29 is 9.53 Å². The Morgan fingerprint density at radius 3 is 2.71 bits per heavy atom. The molecule has 1 unspecified atom stereocenters. The number of ether oxygens (including phenoxy) is 1. The van der Waals surface area contributed by atoms with Crippen LogP contribution in [-0.2, 0) is 9.53 Å². The topological polar surface area (TPSA) is 44.8 Å². The lowest BCUT2D eigenvalue weighted by Gasteiger charge is -2.33. The molecule has 0 aromatic heterocycles. The van der Waals surface area contributed by atoms with Crippen molar-refractivity contribution in [3.05, 3.63) is 0 Å². The third-order valence-corrected chi connectivity index (χ3v) is 3.90. The SMILES string of the molecule is COCCNCC(=O)N(C)CCC1CCCCN1C.Cl.Cl. The van der Waals surface area contributed by atoms with Gasteiger partial charge in [-0.1, -0.05) is 6.42 Å². The first-order chi connectivity index (χ1) is 9.15. The second-order valence-corrected chi connectivity index (χ2v) is 5.40. The fraction of sp³-hybridized carbons (Fsp3) is 0.929. The van der Waals surface area contributed by atoms with Crippen LogP contribution in [-0.4, -0.2) is 75.7 Å². The molecular formula is C14H31Cl2N3O2. The number of likely N-dealkylation sites (N-methyl/N-ethyl adjacent to an activating group) is 1. The number of amides is 1. The van der Waals surface area contributed by atoms with Crippen LogP contribution < -0.4 is 5.32 Å². The molecule has 128 valence electrons. The van der Waals surface area contributed by atoms with E-state index in [9.17, 15) is 4.79 Å². The van der Waals surface area contributed by atoms with Gasteiger partial charge >= 0.3 is 0 Å². The van der Waals surface area contributed by atoms with Crippen LogP contribution in [0.2, 0.25) is 0 Å². The highest BCUT2D eigenvalue weighted by Gasteiger charge is 2.19. The van der Waals surface area contributed by atoms with Crippen molar-refractivity contribution in [2.45, 2.75) is 31.7 Å². The highest BCUT2D eigenvalue weighted by atomic mass is 35.5. The zero-order chi connectivity index (χ0) is 14.1. The van der Waals surface area contributed by atoms with Crippen LogP contribution in [0, 0.1) is 0 Å². The van der Waals surface area contributed by atoms with Gasteiger partial charge in [0.15, 0.2) is 0 Å². The molecule has 1 atom stereocenters. The number of halogens is 2. The van der Waals surface area contributed by atoms with E-state index in [0.29, 0.717) is 19.2 Å². The van der Waals surface area contributed by atoms with Gasteiger partial charge in [-0.3, -0.25) is 4.79 Å². The van der Waals surface area contributed by atoms with E-state index in [1.54, 1.807) is 7.11 Å². The number of hydrogen-bond acceptors (Lipinski definition) is 4. The molecule has 1 amide bonds. The Bertz CT molecular complexity index is 271. The molecule has 1 rings (SSSR count). The molecule has 1 N–H and O–H groups in total. The first-order valence-electron chi connectivity index (χ1n) is 7.29. The zero-order valence-corrected chi connectivity index (χ0v) is 15.1. The summed E-state index contributed by atoms with van der Waals surface area (Å²) in [5.41, 5.74) is 0. The van der Waals surface area contributed by atoms with Gasteiger partial charge < -0.3 is 19.9 Å². The van der Waals surface area contributed by atoms with Crippen LogP contribution in [0.3, 0.4) is 0 Å². The minimum Gasteiger partial charge on any atom is -0.383 e. The van der Waals surface area contributed by atoms with Crippen LogP contribution in [0.25, 0.3) is 0 Å². The zero-order valence-electron chi connectivity index (χ0n) is 13.5. The standard InChI is InChI=1S/C14H29N3O2.2ClH/c1-16-9-5-4-6-13(16)7-10-17(2)14(18)12-15-8-11-19-3;;/h13,15H,4-12H2,1-3H3;2*1H. The largest absolute Gasteiger partial charge is 0.383 e. The van der Waals surface area contributed by atoms with Crippen LogP contribution in [0.15, 0.2) is 0 Å². The Kier molecular flexibility index (Phi) is 15.0. The first-order valence-corrected chi connectivity index (χ1v) is 7.29. The second kappa shape index (κ2) is 13.6. The molecule has 7 heteroatoms. The lowest BCUT2D eigenvalue weighted by Crippen LogP contribution is -2.41. The number of nitrogens with zero attached hydrogens (tertiary/aromatic N) is 2. The molecular weight excluding hydrogens is 313 g/mol. The molecule has 5 nitrogen and oxygen atoms in total. The summed E-state index contributed by atoms with van der Waals surface area (Å²) < 4.78 is 4.93. The van der Waals surface area contributed by atoms with Crippen molar-refractivity contribution >= 4 is 30.7 Å². The lowest BCUT2D eigenvalue weighted by atomic mass is 10.00. The van der Waals surface area contributed by atoms with E-state index < -0.39 is 0 Å². The second-order valence-electron chi connectivity index (χ2n) is 5.40. The molecule has 0 aromatic rings. The van der Waals surface area contributed by atoms with Gasteiger partial charge in [-0.15, -0.1) is 24.8 Å². The highest BCUT2D eigenvalue weighted by Crippen LogP contribution is 2.17. The molecule has 1 fully saturated rings. The summed E-state index contributed by atoms with van der Waals surface area (Å²) in [4.78, 5) is 16.1. The van der Waals surface area contributed by atoms with E-state index in [1.165, 1.54) is 25.8 Å². The monoisotopic (exact) mass is 343 g/mol. The predicted molar refractivity (Wildman–Crippen MR) is 91.8 cm³/mol. The molecule has 1 aliphatic rings. The molecule has 0 spiro atoms. The molecule has 1 heterocycles. The van der Waals surface area contributed by atoms with Gasteiger partial charge in [-0.2, -0.15) is 0 Å². The minimum absolute atomic E-state index is 0. The molecule has 21 heavy (non-hydrogen) atoms. The average Bonchev–Trinajstić information content (AvgIpc) is 2.42. The van der Waals surface area contributed by atoms with Gasteiger partial charge in [0.05, 0.1) is 13.2 Å². The van der Waals surface area contributed by atoms with Crippen LogP contribution in [0.4, 0.5) is 0 Å². The van der Waals surface area contributed by atoms with Gasteiger partial charge in [-0.05, 0) is 32.9 Å². The highest BCUT2D eigenvalue weighted by molar-refractivity contribution is 5.85. The molecule has 0 aromatic carbocycles. The van der Waals surface area contributed by atoms with E-state index in [2.05, 4.69) is 17.3 Å². The van der Waals surface area contributed by atoms with E-state index in [1.807, 2.05) is 11.9 Å². The summed E-state index contributed by atoms with van der Waals surface area (Å²) >= 11 is 0. The van der Waals surface area contributed by atoms with Crippen molar-refractivity contribution in [1.82, 2.24) is 15.1 Å². The molecule has 0 radical (unpaired) electrons. The van der Waals surface area contributed by atoms with E-state index in [4.69, 9.17) is 4.74 Å². The minimum atomic E-state index is 0. The van der Waals surface area contributed by atoms with Crippen LogP contribution >= 0.6 is 24.8 Å². The lowest BCUT2D eigenvalue weighted by molar-refractivity contribution is -0.129. The number of rotatable bonds is 8. The van der Waals surface area contributed by atoms with Crippen LogP contribution in [0.5, 0.6) is 0 Å². The van der Waals surface area contributed by atoms with E-state index >= 15 is 0 Å². The molecule has 0 aliphatic carbocycles. The molecule has 0 bridgehead atoms. The molecule has 1 saturated heterocycles. The Morgan fingerprint density at radius 2 is 2.10 bits per heavy atom. The maximum absolute atomic E-state index is 11.9. The van der Waals surface area contributed by atoms with E-state index in [0.717, 1.165) is 19.5 Å². The summed E-state index contributed by atoms with van der Waals surface area (Å²) in [6.07, 6.45) is 4.98. The Hall–Kier alpha value is -0.0700. The van der Waals surface area contributed by atoms with Gasteiger partial charge in [0.2, 0.25) is 5.91 Å². The van der Waals surface area contributed by atoms with Crippen molar-refractivity contribution in [2.75, 3.05) is 54.0 Å². The maximum atomic E-state index is 11.9. The molecule has 1 aliphatic heterocycles. The summed E-state index contributed by atoms with van der Waals surface area (Å²) in [5, 5.41) is 3.09. The van der Waals surface area contributed by atoms with Crippen molar-refractivity contribution in [3.8, 4) is 0 Å². The van der Waals surface area contributed by atoms with Gasteiger partial charge in [0.25, 0.3) is 0 Å². The smallest absolute Gasteiger partial charge is 0.236 e. The Balaban J connectivity index is 0. The van der Waals surface area contributed by atoms with Gasteiger partial charge in [-0.25, -0.2) is 0 Å². The first kappa shape index (κ1) is 23.2. The predicted octanol–water partition coefficient (Wildman–Crippen LogP) is 1.40. The maximum Gasteiger partial charge on any atom is 0.236 e. The Morgan fingerprint density at radius 1 is 1.38 bits per heavy atom. The summed E-state index contributed by atoms with van der Waals surface area (Å²) in [7, 11) is 5.75. The fourth-order valence-electron chi connectivity index (χ4n) is 2.48. The van der Waals surface area contributed by atoms with Gasteiger partial charge in [0, 0.05) is 33.3 Å². The number of nitrogens with one attached hydrogen (secondary N) is 1. The Labute approximate surface area is 141 Å². The van der Waals surface area contributed by atoms with Crippen molar-refractivity contribution in [1.29, 1.82) is 0 Å². The summed E-state index contributed by atoms with van der Waals surface area (Å²) in [6, 6.07) is 0.644. The van der Waals surface area contributed by atoms with E-state index in [-0.39, 0.29) is 30.7 Å². The number of carbonyl (C=O) groups excluding carboxylic acids is 1. The number of carbonyl (C=O) groups is 1.